The molecule has 9 nitrogen and oxygen atoms in total. The number of aliphatic hydroxyl groups is 4. The maximum atomic E-state index is 12.7. The second-order valence-electron chi connectivity index (χ2n) is 14.8. The van der Waals surface area contributed by atoms with Gasteiger partial charge in [0, 0.05) is 13.0 Å². The van der Waals surface area contributed by atoms with E-state index < -0.39 is 43.4 Å². The van der Waals surface area contributed by atoms with Crippen molar-refractivity contribution in [1.82, 2.24) is 0 Å². The zero-order chi connectivity index (χ0) is 36.5. The van der Waals surface area contributed by atoms with Gasteiger partial charge in [-0.2, -0.15) is 0 Å². The predicted octanol–water partition coefficient (Wildman–Crippen LogP) is 8.69. The molecule has 1 aliphatic rings. The fraction of sp³-hybridized carbons (Fsp3) is 0.976. The van der Waals surface area contributed by atoms with E-state index in [-0.39, 0.29) is 19.2 Å². The van der Waals surface area contributed by atoms with Crippen LogP contribution in [-0.2, 0) is 23.7 Å². The summed E-state index contributed by atoms with van der Waals surface area (Å²) in [4.78, 5) is 12.7. The Bertz CT molecular complexity index is 737. The van der Waals surface area contributed by atoms with E-state index >= 15 is 0 Å². The Morgan fingerprint density at radius 1 is 0.560 bits per heavy atom. The number of aliphatic hydroxyl groups excluding tert-OH is 4. The van der Waals surface area contributed by atoms with Crippen molar-refractivity contribution in [2.45, 2.75) is 230 Å². The standard InChI is InChI=1S/C41H80O9/c1-3-5-7-9-11-13-14-15-16-17-18-19-20-21-22-23-24-26-28-30-37(43)49-35(33-47-31-29-27-25-12-10-8-6-4-2)34-48-41-40(46)39(45)38(44)36(32-42)50-41/h35-36,38-42,44-46H,3-34H2,1-2H3. The molecule has 9 heteroatoms. The van der Waals surface area contributed by atoms with Crippen molar-refractivity contribution < 1.29 is 44.2 Å². The molecule has 0 amide bonds. The highest BCUT2D eigenvalue weighted by Crippen LogP contribution is 2.22. The minimum Gasteiger partial charge on any atom is -0.457 e. The molecule has 1 fully saturated rings. The minimum absolute atomic E-state index is 0.106. The molecule has 0 aromatic heterocycles. The Balaban J connectivity index is 2.21. The quantitative estimate of drug-likeness (QED) is 0.0371. The summed E-state index contributed by atoms with van der Waals surface area (Å²) < 4.78 is 22.7. The molecule has 0 aromatic rings. The molecule has 0 aromatic carbocycles. The van der Waals surface area contributed by atoms with Crippen LogP contribution in [0, 0.1) is 0 Å². The van der Waals surface area contributed by atoms with Crippen molar-refractivity contribution in [3.8, 4) is 0 Å². The smallest absolute Gasteiger partial charge is 0.306 e. The van der Waals surface area contributed by atoms with Crippen molar-refractivity contribution in [3.63, 3.8) is 0 Å². The molecular weight excluding hydrogens is 636 g/mol. The van der Waals surface area contributed by atoms with Crippen molar-refractivity contribution in [2.75, 3.05) is 26.4 Å². The lowest BCUT2D eigenvalue weighted by atomic mass is 9.99. The summed E-state index contributed by atoms with van der Waals surface area (Å²) in [5.74, 6) is -0.310. The van der Waals surface area contributed by atoms with Gasteiger partial charge in [-0.05, 0) is 12.8 Å². The first-order valence-corrected chi connectivity index (χ1v) is 21.1. The summed E-state index contributed by atoms with van der Waals surface area (Å²) in [6.45, 7) is 4.56. The Labute approximate surface area is 306 Å². The van der Waals surface area contributed by atoms with Crippen LogP contribution in [0.2, 0.25) is 0 Å². The first kappa shape index (κ1) is 47.2. The molecule has 0 radical (unpaired) electrons. The molecule has 0 saturated carbocycles. The minimum atomic E-state index is -1.53. The third-order valence-electron chi connectivity index (χ3n) is 10.0. The molecule has 0 aliphatic carbocycles. The van der Waals surface area contributed by atoms with E-state index in [0.717, 1.165) is 32.1 Å². The normalized spacial score (nSPS) is 21.4. The number of hydrogen-bond donors (Lipinski definition) is 4. The first-order chi connectivity index (χ1) is 24.4. The first-order valence-electron chi connectivity index (χ1n) is 21.1. The molecule has 6 atom stereocenters. The van der Waals surface area contributed by atoms with Crippen LogP contribution in [0.15, 0.2) is 0 Å². The lowest BCUT2D eigenvalue weighted by Crippen LogP contribution is -2.59. The Hall–Kier alpha value is -0.810. The summed E-state index contributed by atoms with van der Waals surface area (Å²) in [5.41, 5.74) is 0. The second-order valence-corrected chi connectivity index (χ2v) is 14.8. The highest BCUT2D eigenvalue weighted by atomic mass is 16.7. The van der Waals surface area contributed by atoms with Crippen molar-refractivity contribution in [1.29, 1.82) is 0 Å². The number of carbonyl (C=O) groups excluding carboxylic acids is 1. The van der Waals surface area contributed by atoms with Crippen molar-refractivity contribution in [3.05, 3.63) is 0 Å². The summed E-state index contributed by atoms with van der Waals surface area (Å²) in [7, 11) is 0. The molecule has 1 rings (SSSR count). The number of unbranched alkanes of at least 4 members (excludes halogenated alkanes) is 25. The molecule has 50 heavy (non-hydrogen) atoms. The second kappa shape index (κ2) is 34.0. The van der Waals surface area contributed by atoms with Crippen molar-refractivity contribution in [2.24, 2.45) is 0 Å². The van der Waals surface area contributed by atoms with Crippen LogP contribution < -0.4 is 0 Å². The molecule has 1 aliphatic heterocycles. The van der Waals surface area contributed by atoms with Crippen LogP contribution in [0.4, 0.5) is 0 Å². The highest BCUT2D eigenvalue weighted by Gasteiger charge is 2.44. The zero-order valence-corrected chi connectivity index (χ0v) is 32.4. The van der Waals surface area contributed by atoms with Crippen LogP contribution in [-0.4, -0.2) is 89.6 Å². The van der Waals surface area contributed by atoms with E-state index in [1.807, 2.05) is 0 Å². The highest BCUT2D eigenvalue weighted by molar-refractivity contribution is 5.69. The van der Waals surface area contributed by atoms with E-state index in [4.69, 9.17) is 18.9 Å². The van der Waals surface area contributed by atoms with E-state index in [1.54, 1.807) is 0 Å². The van der Waals surface area contributed by atoms with Gasteiger partial charge in [0.25, 0.3) is 0 Å². The topological polar surface area (TPSA) is 135 Å². The lowest BCUT2D eigenvalue weighted by molar-refractivity contribution is -0.305. The van der Waals surface area contributed by atoms with E-state index in [0.29, 0.717) is 13.0 Å². The van der Waals surface area contributed by atoms with Crippen LogP contribution in [0.1, 0.15) is 194 Å². The number of ether oxygens (including phenoxy) is 4. The average molecular weight is 717 g/mol. The molecule has 0 spiro atoms. The molecule has 0 bridgehead atoms. The van der Waals surface area contributed by atoms with Gasteiger partial charge < -0.3 is 39.4 Å². The fourth-order valence-corrected chi connectivity index (χ4v) is 6.67. The van der Waals surface area contributed by atoms with Crippen molar-refractivity contribution >= 4 is 5.97 Å². The molecule has 6 unspecified atom stereocenters. The van der Waals surface area contributed by atoms with Gasteiger partial charge in [-0.15, -0.1) is 0 Å². The maximum absolute atomic E-state index is 12.7. The predicted molar refractivity (Wildman–Crippen MR) is 201 cm³/mol. The molecule has 298 valence electrons. The van der Waals surface area contributed by atoms with Gasteiger partial charge in [0.15, 0.2) is 6.29 Å². The van der Waals surface area contributed by atoms with Gasteiger partial charge in [0.2, 0.25) is 0 Å². The maximum Gasteiger partial charge on any atom is 0.306 e. The molecule has 1 heterocycles. The van der Waals surface area contributed by atoms with Gasteiger partial charge in [0.1, 0.15) is 30.5 Å². The lowest BCUT2D eigenvalue weighted by Gasteiger charge is -2.39. The molecule has 4 N–H and O–H groups in total. The largest absolute Gasteiger partial charge is 0.457 e. The summed E-state index contributed by atoms with van der Waals surface area (Å²) in [6.07, 6.45) is 27.1. The monoisotopic (exact) mass is 717 g/mol. The molecular formula is C41H80O9. The fourth-order valence-electron chi connectivity index (χ4n) is 6.67. The van der Waals surface area contributed by atoms with Crippen LogP contribution in [0.3, 0.4) is 0 Å². The third kappa shape index (κ3) is 25.2. The van der Waals surface area contributed by atoms with E-state index in [1.165, 1.54) is 141 Å². The Kier molecular flexibility index (Phi) is 32.1. The third-order valence-corrected chi connectivity index (χ3v) is 10.0. The van der Waals surface area contributed by atoms with Gasteiger partial charge in [-0.25, -0.2) is 0 Å². The van der Waals surface area contributed by atoms with Crippen LogP contribution >= 0.6 is 0 Å². The van der Waals surface area contributed by atoms with E-state index in [9.17, 15) is 25.2 Å². The number of hydrogen-bond acceptors (Lipinski definition) is 9. The van der Waals surface area contributed by atoms with Gasteiger partial charge in [-0.1, -0.05) is 174 Å². The number of esters is 1. The summed E-state index contributed by atoms with van der Waals surface area (Å²) in [6, 6.07) is 0. The van der Waals surface area contributed by atoms with E-state index in [2.05, 4.69) is 13.8 Å². The van der Waals surface area contributed by atoms with Gasteiger partial charge in [-0.3, -0.25) is 4.79 Å². The van der Waals surface area contributed by atoms with Crippen LogP contribution in [0.25, 0.3) is 0 Å². The SMILES string of the molecule is CCCCCCCCCCCCCCCCCCCCCC(=O)OC(COCCCCCCCCCC)COC1OC(CO)C(O)C(O)C1O. The summed E-state index contributed by atoms with van der Waals surface area (Å²) >= 11 is 0. The Morgan fingerprint density at radius 2 is 0.980 bits per heavy atom. The zero-order valence-electron chi connectivity index (χ0n) is 32.4. The average Bonchev–Trinajstić information content (AvgIpc) is 3.11. The van der Waals surface area contributed by atoms with Crippen LogP contribution in [0.5, 0.6) is 0 Å². The van der Waals surface area contributed by atoms with Gasteiger partial charge in [0.05, 0.1) is 19.8 Å². The Morgan fingerprint density at radius 3 is 1.42 bits per heavy atom. The van der Waals surface area contributed by atoms with Gasteiger partial charge >= 0.3 is 5.97 Å². The number of rotatable bonds is 36. The molecule has 1 saturated heterocycles. The number of carbonyl (C=O) groups is 1. The summed E-state index contributed by atoms with van der Waals surface area (Å²) in [5, 5.41) is 39.9.